The molecule has 1 aliphatic carbocycles. The van der Waals surface area contributed by atoms with Crippen LogP contribution in [-0.2, 0) is 16.1 Å². The number of aromatic amines is 1. The summed E-state index contributed by atoms with van der Waals surface area (Å²) in [5.41, 5.74) is 3.93. The fourth-order valence-electron chi connectivity index (χ4n) is 6.64. The highest BCUT2D eigenvalue weighted by molar-refractivity contribution is 6.05. The molecule has 196 valence electrons. The summed E-state index contributed by atoms with van der Waals surface area (Å²) in [7, 11) is 0. The normalized spacial score (nSPS) is 26.4. The molecule has 0 radical (unpaired) electrons. The van der Waals surface area contributed by atoms with Gasteiger partial charge in [0.05, 0.1) is 11.7 Å². The smallest absolute Gasteiger partial charge is 0.255 e. The molecular weight excluding hydrogens is 482 g/mol. The predicted molar refractivity (Wildman–Crippen MR) is 140 cm³/mol. The molecule has 4 aliphatic rings. The number of nitrogens with zero attached hydrogens (tertiary/aromatic N) is 3. The Kier molecular flexibility index (Phi) is 5.69. The highest BCUT2D eigenvalue weighted by Crippen LogP contribution is 2.37. The Morgan fingerprint density at radius 1 is 0.974 bits per heavy atom. The molecule has 3 aliphatic heterocycles. The van der Waals surface area contributed by atoms with Crippen molar-refractivity contribution in [3.05, 3.63) is 59.3 Å². The van der Waals surface area contributed by atoms with Crippen molar-refractivity contribution in [2.75, 3.05) is 13.1 Å². The number of hydrogen-bond acceptors (Lipinski definition) is 6. The van der Waals surface area contributed by atoms with Gasteiger partial charge in [-0.3, -0.25) is 29.7 Å². The van der Waals surface area contributed by atoms with E-state index in [4.69, 9.17) is 4.74 Å². The number of amides is 3. The SMILES string of the molecule is O=C1CCC(N2Cc3cc(O[C@@H]4CCCC[C@H]4N4CC(c5ccc6[nH]ncc6c5)C4)ccc3C2=O)C(=O)N1. The summed E-state index contributed by atoms with van der Waals surface area (Å²) in [5, 5.41) is 10.7. The largest absolute Gasteiger partial charge is 0.489 e. The van der Waals surface area contributed by atoms with Crippen LogP contribution in [-0.4, -0.2) is 69.0 Å². The van der Waals surface area contributed by atoms with Gasteiger partial charge in [-0.05, 0) is 67.1 Å². The van der Waals surface area contributed by atoms with Crippen LogP contribution in [0.2, 0.25) is 0 Å². The number of fused-ring (bicyclic) bond motifs is 2. The fraction of sp³-hybridized carbons (Fsp3) is 0.448. The molecule has 1 unspecified atom stereocenters. The molecule has 7 rings (SSSR count). The van der Waals surface area contributed by atoms with Crippen molar-refractivity contribution >= 4 is 28.6 Å². The number of H-pyrrole nitrogens is 1. The number of rotatable bonds is 5. The maximum atomic E-state index is 13.0. The van der Waals surface area contributed by atoms with E-state index in [-0.39, 0.29) is 30.2 Å². The lowest BCUT2D eigenvalue weighted by Crippen LogP contribution is -2.57. The topological polar surface area (TPSA) is 108 Å². The lowest BCUT2D eigenvalue weighted by molar-refractivity contribution is -0.136. The van der Waals surface area contributed by atoms with Gasteiger partial charge in [-0.15, -0.1) is 0 Å². The van der Waals surface area contributed by atoms with Gasteiger partial charge in [0, 0.05) is 49.0 Å². The van der Waals surface area contributed by atoms with Crippen LogP contribution in [0.5, 0.6) is 5.75 Å². The number of carbonyl (C=O) groups excluding carboxylic acids is 3. The number of hydrogen-bond donors (Lipinski definition) is 2. The molecule has 4 heterocycles. The molecule has 3 aromatic rings. The van der Waals surface area contributed by atoms with E-state index in [1.54, 1.807) is 4.90 Å². The zero-order valence-electron chi connectivity index (χ0n) is 21.2. The Morgan fingerprint density at radius 2 is 1.84 bits per heavy atom. The van der Waals surface area contributed by atoms with Gasteiger partial charge in [-0.1, -0.05) is 12.5 Å². The van der Waals surface area contributed by atoms with Gasteiger partial charge in [0.2, 0.25) is 11.8 Å². The van der Waals surface area contributed by atoms with Gasteiger partial charge < -0.3 is 9.64 Å². The second-order valence-electron chi connectivity index (χ2n) is 11.1. The summed E-state index contributed by atoms with van der Waals surface area (Å²) < 4.78 is 6.58. The molecule has 1 aromatic heterocycles. The molecule has 0 bridgehead atoms. The van der Waals surface area contributed by atoms with Crippen molar-refractivity contribution in [2.24, 2.45) is 0 Å². The molecule has 0 spiro atoms. The van der Waals surface area contributed by atoms with E-state index < -0.39 is 6.04 Å². The van der Waals surface area contributed by atoms with Crippen LogP contribution in [0.25, 0.3) is 10.9 Å². The molecule has 2 aromatic carbocycles. The van der Waals surface area contributed by atoms with E-state index in [9.17, 15) is 14.4 Å². The standard InChI is InChI=1S/C29H31N5O4/c35-27-10-9-25(28(36)31-27)34-16-19-12-21(6-7-22(19)29(34)37)38-26-4-2-1-3-24(26)33-14-20(15-33)17-5-8-23-18(11-17)13-30-32-23/h5-8,11-13,20,24-26H,1-4,9-10,14-16H2,(H,30,32)(H,31,35,36)/t24-,25?,26-/m1/s1. The zero-order chi connectivity index (χ0) is 25.8. The molecular formula is C29H31N5O4. The van der Waals surface area contributed by atoms with Gasteiger partial charge in [0.25, 0.3) is 5.91 Å². The molecule has 2 N–H and O–H groups in total. The average molecular weight is 514 g/mol. The molecule has 1 saturated carbocycles. The number of imide groups is 1. The monoisotopic (exact) mass is 513 g/mol. The van der Waals surface area contributed by atoms with Crippen molar-refractivity contribution in [3.63, 3.8) is 0 Å². The predicted octanol–water partition coefficient (Wildman–Crippen LogP) is 3.11. The number of benzene rings is 2. The van der Waals surface area contributed by atoms with Gasteiger partial charge in [-0.2, -0.15) is 5.10 Å². The quantitative estimate of drug-likeness (QED) is 0.508. The third kappa shape index (κ3) is 4.05. The Balaban J connectivity index is 1.02. The molecule has 3 amide bonds. The van der Waals surface area contributed by atoms with Crippen LogP contribution in [0, 0.1) is 0 Å². The average Bonchev–Trinajstić information content (AvgIpc) is 3.48. The summed E-state index contributed by atoms with van der Waals surface area (Å²) in [6.07, 6.45) is 7.13. The van der Waals surface area contributed by atoms with Gasteiger partial charge in [0.15, 0.2) is 0 Å². The Morgan fingerprint density at radius 3 is 2.71 bits per heavy atom. The number of aromatic nitrogens is 2. The number of ether oxygens (including phenoxy) is 1. The summed E-state index contributed by atoms with van der Waals surface area (Å²) in [6.45, 7) is 2.43. The minimum Gasteiger partial charge on any atom is -0.489 e. The molecule has 3 atom stereocenters. The van der Waals surface area contributed by atoms with Crippen LogP contribution in [0.1, 0.15) is 65.9 Å². The van der Waals surface area contributed by atoms with Crippen LogP contribution < -0.4 is 10.1 Å². The highest BCUT2D eigenvalue weighted by Gasteiger charge is 2.41. The first-order chi connectivity index (χ1) is 18.5. The zero-order valence-corrected chi connectivity index (χ0v) is 21.2. The second kappa shape index (κ2) is 9.23. The van der Waals surface area contributed by atoms with Crippen LogP contribution in [0.4, 0.5) is 0 Å². The number of piperidine rings is 1. The van der Waals surface area contributed by atoms with E-state index in [0.29, 0.717) is 30.5 Å². The van der Waals surface area contributed by atoms with E-state index in [2.05, 4.69) is 38.6 Å². The van der Waals surface area contributed by atoms with Crippen molar-refractivity contribution in [1.29, 1.82) is 0 Å². The minimum atomic E-state index is -0.603. The number of nitrogens with one attached hydrogen (secondary N) is 2. The third-order valence-electron chi connectivity index (χ3n) is 8.76. The molecule has 9 nitrogen and oxygen atoms in total. The summed E-state index contributed by atoms with van der Waals surface area (Å²) in [4.78, 5) is 41.1. The van der Waals surface area contributed by atoms with Gasteiger partial charge >= 0.3 is 0 Å². The first-order valence-electron chi connectivity index (χ1n) is 13.6. The van der Waals surface area contributed by atoms with Crippen LogP contribution in [0.3, 0.4) is 0 Å². The Labute approximate surface area is 220 Å². The minimum absolute atomic E-state index is 0.113. The molecule has 2 saturated heterocycles. The molecule has 38 heavy (non-hydrogen) atoms. The highest BCUT2D eigenvalue weighted by atomic mass is 16.5. The second-order valence-corrected chi connectivity index (χ2v) is 11.1. The fourth-order valence-corrected chi connectivity index (χ4v) is 6.64. The summed E-state index contributed by atoms with van der Waals surface area (Å²) in [6, 6.07) is 12.0. The summed E-state index contributed by atoms with van der Waals surface area (Å²) >= 11 is 0. The Bertz CT molecular complexity index is 1430. The van der Waals surface area contributed by atoms with Crippen molar-refractivity contribution < 1.29 is 19.1 Å². The van der Waals surface area contributed by atoms with Crippen LogP contribution >= 0.6 is 0 Å². The van der Waals surface area contributed by atoms with Crippen molar-refractivity contribution in [1.82, 2.24) is 25.3 Å². The number of likely N-dealkylation sites (tertiary alicyclic amines) is 1. The van der Waals surface area contributed by atoms with Gasteiger partial charge in [-0.25, -0.2) is 0 Å². The first-order valence-corrected chi connectivity index (χ1v) is 13.6. The third-order valence-corrected chi connectivity index (χ3v) is 8.76. The molecule has 9 heteroatoms. The summed E-state index contributed by atoms with van der Waals surface area (Å²) in [5.74, 6) is 0.487. The maximum absolute atomic E-state index is 13.0. The van der Waals surface area contributed by atoms with Gasteiger partial charge in [0.1, 0.15) is 17.9 Å². The van der Waals surface area contributed by atoms with E-state index in [1.165, 1.54) is 12.0 Å². The van der Waals surface area contributed by atoms with E-state index >= 15 is 0 Å². The maximum Gasteiger partial charge on any atom is 0.255 e. The first kappa shape index (κ1) is 23.4. The number of carbonyl (C=O) groups is 3. The van der Waals surface area contributed by atoms with E-state index in [1.807, 2.05) is 24.4 Å². The Hall–Kier alpha value is -3.72. The molecule has 3 fully saturated rings. The lowest BCUT2D eigenvalue weighted by Gasteiger charge is -2.48. The van der Waals surface area contributed by atoms with Crippen LogP contribution in [0.15, 0.2) is 42.6 Å². The van der Waals surface area contributed by atoms with Crippen molar-refractivity contribution in [2.45, 2.75) is 69.2 Å². The van der Waals surface area contributed by atoms with Crippen molar-refractivity contribution in [3.8, 4) is 5.75 Å². The lowest BCUT2D eigenvalue weighted by atomic mass is 9.84. The van der Waals surface area contributed by atoms with E-state index in [0.717, 1.165) is 54.6 Å².